The number of amides is 3. The van der Waals surface area contributed by atoms with Crippen molar-refractivity contribution in [2.75, 3.05) is 13.4 Å². The van der Waals surface area contributed by atoms with E-state index >= 15 is 0 Å². The Morgan fingerprint density at radius 2 is 2.00 bits per heavy atom. The summed E-state index contributed by atoms with van der Waals surface area (Å²) in [6.45, 7) is 1.33. The van der Waals surface area contributed by atoms with E-state index in [1.807, 2.05) is 11.6 Å². The molecule has 0 aromatic heterocycles. The molecule has 0 heterocycles. The number of nitrogens with two attached hydrogens (primary N) is 1. The van der Waals surface area contributed by atoms with E-state index in [0.717, 1.165) is 4.90 Å². The van der Waals surface area contributed by atoms with Crippen molar-refractivity contribution in [3.05, 3.63) is 23.8 Å². The van der Waals surface area contributed by atoms with Crippen molar-refractivity contribution < 1.29 is 23.9 Å². The summed E-state index contributed by atoms with van der Waals surface area (Å²) in [4.78, 5) is 35.0. The van der Waals surface area contributed by atoms with E-state index in [4.69, 9.17) is 15.2 Å². The summed E-state index contributed by atoms with van der Waals surface area (Å²) < 4.78 is 10.1. The summed E-state index contributed by atoms with van der Waals surface area (Å²) in [5, 5.41) is 1.83. The van der Waals surface area contributed by atoms with Gasteiger partial charge in [0.15, 0.2) is 6.10 Å². The zero-order valence-corrected chi connectivity index (χ0v) is 12.7. The molecule has 1 rings (SSSR count). The lowest BCUT2D eigenvalue weighted by molar-refractivity contribution is -0.127. The molecule has 0 bridgehead atoms. The second-order valence-electron chi connectivity index (χ2n) is 3.97. The van der Waals surface area contributed by atoms with Crippen molar-refractivity contribution in [2.24, 2.45) is 5.73 Å². The molecule has 0 saturated heterocycles. The number of ether oxygens (including phenoxy) is 2. The number of carbonyl (C=O) groups excluding carboxylic acids is 3. The zero-order valence-electron chi connectivity index (χ0n) is 11.8. The van der Waals surface area contributed by atoms with Crippen molar-refractivity contribution in [3.8, 4) is 5.75 Å². The van der Waals surface area contributed by atoms with Crippen LogP contribution in [-0.2, 0) is 9.53 Å². The van der Waals surface area contributed by atoms with Crippen LogP contribution in [0.1, 0.15) is 17.3 Å². The normalized spacial score (nSPS) is 11.4. The number of esters is 1. The number of hydrogen-bond donors (Lipinski definition) is 2. The number of urea groups is 1. The summed E-state index contributed by atoms with van der Waals surface area (Å²) in [5.41, 5.74) is 5.01. The molecule has 0 unspecified atom stereocenters. The summed E-state index contributed by atoms with van der Waals surface area (Å²) >= 11 is 1.50. The van der Waals surface area contributed by atoms with Crippen molar-refractivity contribution in [1.82, 2.24) is 5.32 Å². The predicted octanol–water partition coefficient (Wildman–Crippen LogP) is 1.16. The molecule has 3 N–H and O–H groups in total. The maximum Gasteiger partial charge on any atom is 0.342 e. The van der Waals surface area contributed by atoms with E-state index in [-0.39, 0.29) is 5.56 Å². The van der Waals surface area contributed by atoms with E-state index < -0.39 is 24.0 Å². The van der Waals surface area contributed by atoms with Gasteiger partial charge in [0, 0.05) is 4.90 Å². The van der Waals surface area contributed by atoms with Gasteiger partial charge in [0.2, 0.25) is 0 Å². The minimum Gasteiger partial charge on any atom is -0.496 e. The van der Waals surface area contributed by atoms with Crippen LogP contribution < -0.4 is 15.8 Å². The lowest BCUT2D eigenvalue weighted by Crippen LogP contribution is -2.42. The van der Waals surface area contributed by atoms with Gasteiger partial charge < -0.3 is 15.2 Å². The largest absolute Gasteiger partial charge is 0.496 e. The summed E-state index contributed by atoms with van der Waals surface area (Å²) in [6.07, 6.45) is 0.734. The molecule has 0 aliphatic carbocycles. The molecule has 0 radical (unpaired) electrons. The molecule has 1 aromatic rings. The Morgan fingerprint density at radius 3 is 2.52 bits per heavy atom. The molecule has 8 heteroatoms. The Labute approximate surface area is 126 Å². The van der Waals surface area contributed by atoms with Gasteiger partial charge in [0.1, 0.15) is 11.3 Å². The monoisotopic (exact) mass is 312 g/mol. The van der Waals surface area contributed by atoms with Gasteiger partial charge in [-0.15, -0.1) is 11.8 Å². The highest BCUT2D eigenvalue weighted by Crippen LogP contribution is 2.26. The molecule has 21 heavy (non-hydrogen) atoms. The molecule has 3 amide bonds. The number of hydrogen-bond acceptors (Lipinski definition) is 6. The van der Waals surface area contributed by atoms with Crippen LogP contribution in [0.3, 0.4) is 0 Å². The summed E-state index contributed by atoms with van der Waals surface area (Å²) in [7, 11) is 1.43. The first-order valence-electron chi connectivity index (χ1n) is 5.92. The lowest BCUT2D eigenvalue weighted by atomic mass is 10.2. The van der Waals surface area contributed by atoms with Crippen LogP contribution in [0.25, 0.3) is 0 Å². The summed E-state index contributed by atoms with van der Waals surface area (Å²) in [6, 6.07) is 3.96. The highest BCUT2D eigenvalue weighted by Gasteiger charge is 2.22. The van der Waals surface area contributed by atoms with E-state index in [1.165, 1.54) is 25.8 Å². The Hall–Kier alpha value is -2.22. The minimum absolute atomic E-state index is 0.189. The zero-order chi connectivity index (χ0) is 16.0. The average Bonchev–Trinajstić information content (AvgIpc) is 2.45. The highest BCUT2D eigenvalue weighted by molar-refractivity contribution is 7.98. The Morgan fingerprint density at radius 1 is 1.33 bits per heavy atom. The van der Waals surface area contributed by atoms with Gasteiger partial charge in [-0.05, 0) is 31.4 Å². The van der Waals surface area contributed by atoms with Gasteiger partial charge in [0.25, 0.3) is 5.91 Å². The van der Waals surface area contributed by atoms with E-state index in [2.05, 4.69) is 0 Å². The van der Waals surface area contributed by atoms with Crippen LogP contribution >= 0.6 is 11.8 Å². The van der Waals surface area contributed by atoms with E-state index in [9.17, 15) is 14.4 Å². The van der Waals surface area contributed by atoms with Gasteiger partial charge in [-0.2, -0.15) is 0 Å². The SMILES string of the molecule is COc1cc(SC)ccc1C(=O)O[C@H](C)C(=O)NC(N)=O. The van der Waals surface area contributed by atoms with E-state index in [1.54, 1.807) is 18.2 Å². The molecular formula is C13H16N2O5S. The van der Waals surface area contributed by atoms with Crippen molar-refractivity contribution in [1.29, 1.82) is 0 Å². The molecule has 0 saturated carbocycles. The summed E-state index contributed by atoms with van der Waals surface area (Å²) in [5.74, 6) is -1.18. The Kier molecular flexibility index (Phi) is 6.04. The van der Waals surface area contributed by atoms with Crippen molar-refractivity contribution in [2.45, 2.75) is 17.9 Å². The fraction of sp³-hybridized carbons (Fsp3) is 0.308. The second kappa shape index (κ2) is 7.53. The van der Waals surface area contributed by atoms with Crippen LogP contribution in [0.15, 0.2) is 23.1 Å². The number of carbonyl (C=O) groups is 3. The maximum atomic E-state index is 12.0. The van der Waals surface area contributed by atoms with Crippen LogP contribution in [0.4, 0.5) is 4.79 Å². The fourth-order valence-corrected chi connectivity index (χ4v) is 1.90. The molecule has 0 fully saturated rings. The first-order chi connectivity index (χ1) is 9.88. The van der Waals surface area contributed by atoms with Crippen molar-refractivity contribution in [3.63, 3.8) is 0 Å². The highest BCUT2D eigenvalue weighted by atomic mass is 32.2. The Balaban J connectivity index is 2.84. The average molecular weight is 312 g/mol. The molecule has 0 spiro atoms. The molecule has 7 nitrogen and oxygen atoms in total. The third-order valence-corrected chi connectivity index (χ3v) is 3.25. The number of thioether (sulfide) groups is 1. The van der Waals surface area contributed by atoms with Crippen LogP contribution in [0, 0.1) is 0 Å². The third-order valence-electron chi connectivity index (χ3n) is 2.53. The second-order valence-corrected chi connectivity index (χ2v) is 4.85. The number of benzene rings is 1. The quantitative estimate of drug-likeness (QED) is 0.624. The number of rotatable bonds is 5. The molecule has 114 valence electrons. The van der Waals surface area contributed by atoms with Crippen LogP contribution in [-0.4, -0.2) is 37.4 Å². The number of primary amides is 1. The number of nitrogens with one attached hydrogen (secondary N) is 1. The molecule has 0 aliphatic rings. The number of methoxy groups -OCH3 is 1. The first kappa shape index (κ1) is 16.8. The van der Waals surface area contributed by atoms with Gasteiger partial charge in [-0.25, -0.2) is 9.59 Å². The fourth-order valence-electron chi connectivity index (χ4n) is 1.47. The molecule has 1 aromatic carbocycles. The van der Waals surface area contributed by atoms with Gasteiger partial charge >= 0.3 is 12.0 Å². The van der Waals surface area contributed by atoms with E-state index in [0.29, 0.717) is 5.75 Å². The van der Waals surface area contributed by atoms with Crippen molar-refractivity contribution >= 4 is 29.7 Å². The van der Waals surface area contributed by atoms with Gasteiger partial charge in [0.05, 0.1) is 7.11 Å². The number of imide groups is 1. The lowest BCUT2D eigenvalue weighted by Gasteiger charge is -2.14. The molecular weight excluding hydrogens is 296 g/mol. The van der Waals surface area contributed by atoms with Gasteiger partial charge in [-0.1, -0.05) is 0 Å². The first-order valence-corrected chi connectivity index (χ1v) is 7.14. The standard InChI is InChI=1S/C13H16N2O5S/c1-7(11(16)15-13(14)18)20-12(17)9-5-4-8(21-3)6-10(9)19-2/h4-7H,1-3H3,(H3,14,15,16,18)/t7-/m1/s1. The Bertz CT molecular complexity index is 561. The maximum absolute atomic E-state index is 12.0. The van der Waals surface area contributed by atoms with Crippen LogP contribution in [0.5, 0.6) is 5.75 Å². The third kappa shape index (κ3) is 4.67. The predicted molar refractivity (Wildman–Crippen MR) is 77.4 cm³/mol. The molecule has 0 aliphatic heterocycles. The van der Waals surface area contributed by atoms with Crippen LogP contribution in [0.2, 0.25) is 0 Å². The smallest absolute Gasteiger partial charge is 0.342 e. The minimum atomic E-state index is -1.16. The van der Waals surface area contributed by atoms with Gasteiger partial charge in [-0.3, -0.25) is 10.1 Å². The molecule has 1 atom stereocenters. The topological polar surface area (TPSA) is 108 Å².